The first-order valence-corrected chi connectivity index (χ1v) is 6.39. The van der Waals surface area contributed by atoms with E-state index in [-0.39, 0.29) is 5.92 Å². The largest absolute Gasteiger partial charge is 0.309 e. The van der Waals surface area contributed by atoms with Crippen molar-refractivity contribution in [3.8, 4) is 6.07 Å². The van der Waals surface area contributed by atoms with Gasteiger partial charge in [0.2, 0.25) is 0 Å². The van der Waals surface area contributed by atoms with Crippen molar-refractivity contribution in [2.24, 2.45) is 5.92 Å². The van der Waals surface area contributed by atoms with Gasteiger partial charge in [0.1, 0.15) is 0 Å². The third-order valence-electron chi connectivity index (χ3n) is 3.53. The van der Waals surface area contributed by atoms with Crippen molar-refractivity contribution in [1.29, 1.82) is 5.26 Å². The molecule has 0 aliphatic heterocycles. The minimum atomic E-state index is 0.209. The lowest BCUT2D eigenvalue weighted by Crippen LogP contribution is -2.31. The van der Waals surface area contributed by atoms with E-state index in [9.17, 15) is 0 Å². The molecule has 1 aliphatic carbocycles. The van der Waals surface area contributed by atoms with Crippen LogP contribution in [0.1, 0.15) is 36.0 Å². The quantitative estimate of drug-likeness (QED) is 0.863. The van der Waals surface area contributed by atoms with Crippen molar-refractivity contribution < 1.29 is 0 Å². The fourth-order valence-corrected chi connectivity index (χ4v) is 2.78. The summed E-state index contributed by atoms with van der Waals surface area (Å²) in [4.78, 5) is 0. The molecule has 1 fully saturated rings. The Bertz CT molecular complexity index is 411. The Labute approximate surface area is 104 Å². The molecule has 1 aromatic carbocycles. The summed E-state index contributed by atoms with van der Waals surface area (Å²) in [6.45, 7) is 5.14. The molecule has 0 radical (unpaired) electrons. The van der Waals surface area contributed by atoms with Crippen molar-refractivity contribution in [1.82, 2.24) is 5.32 Å². The van der Waals surface area contributed by atoms with Gasteiger partial charge in [-0.3, -0.25) is 0 Å². The van der Waals surface area contributed by atoms with Crippen LogP contribution in [0.15, 0.2) is 18.2 Å². The first-order valence-electron chi connectivity index (χ1n) is 6.39. The molecule has 2 heteroatoms. The molecular formula is C15H20N2. The summed E-state index contributed by atoms with van der Waals surface area (Å²) < 4.78 is 0. The highest BCUT2D eigenvalue weighted by Gasteiger charge is 2.26. The second kappa shape index (κ2) is 5.33. The number of nitrogens with one attached hydrogen (secondary N) is 1. The van der Waals surface area contributed by atoms with Crippen LogP contribution < -0.4 is 5.32 Å². The SMILES string of the molecule is Cc1cc(C)cc(CNC2CCCC2C#N)c1. The van der Waals surface area contributed by atoms with Crippen molar-refractivity contribution in [2.75, 3.05) is 0 Å². The minimum Gasteiger partial charge on any atom is -0.309 e. The molecule has 1 saturated carbocycles. The Hall–Kier alpha value is -1.33. The molecular weight excluding hydrogens is 208 g/mol. The normalized spacial score (nSPS) is 23.6. The maximum Gasteiger partial charge on any atom is 0.0672 e. The van der Waals surface area contributed by atoms with Crippen molar-refractivity contribution in [3.05, 3.63) is 34.9 Å². The molecule has 2 atom stereocenters. The summed E-state index contributed by atoms with van der Waals surface area (Å²) >= 11 is 0. The molecule has 90 valence electrons. The maximum absolute atomic E-state index is 9.03. The molecule has 2 nitrogen and oxygen atoms in total. The topological polar surface area (TPSA) is 35.8 Å². The van der Waals surface area contributed by atoms with Gasteiger partial charge in [-0.15, -0.1) is 0 Å². The number of rotatable bonds is 3. The number of aryl methyl sites for hydroxylation is 2. The molecule has 0 amide bonds. The van der Waals surface area contributed by atoms with E-state index in [1.165, 1.54) is 23.1 Å². The van der Waals surface area contributed by atoms with Gasteiger partial charge >= 0.3 is 0 Å². The number of hydrogen-bond donors (Lipinski definition) is 1. The van der Waals surface area contributed by atoms with Gasteiger partial charge in [0.15, 0.2) is 0 Å². The summed E-state index contributed by atoms with van der Waals surface area (Å²) in [7, 11) is 0. The van der Waals surface area contributed by atoms with Gasteiger partial charge in [-0.25, -0.2) is 0 Å². The van der Waals surface area contributed by atoms with Crippen molar-refractivity contribution in [2.45, 2.75) is 45.7 Å². The second-order valence-corrected chi connectivity index (χ2v) is 5.15. The van der Waals surface area contributed by atoms with Gasteiger partial charge in [0, 0.05) is 12.6 Å². The lowest BCUT2D eigenvalue weighted by molar-refractivity contribution is 0.464. The molecule has 1 aromatic rings. The van der Waals surface area contributed by atoms with Crippen LogP contribution in [0.2, 0.25) is 0 Å². The summed E-state index contributed by atoms with van der Waals surface area (Å²) in [5, 5.41) is 12.6. The highest BCUT2D eigenvalue weighted by atomic mass is 14.9. The zero-order valence-electron chi connectivity index (χ0n) is 10.7. The maximum atomic E-state index is 9.03. The molecule has 0 heterocycles. The number of benzene rings is 1. The predicted molar refractivity (Wildman–Crippen MR) is 69.5 cm³/mol. The van der Waals surface area contributed by atoms with Crippen LogP contribution in [0.5, 0.6) is 0 Å². The molecule has 1 aliphatic rings. The van der Waals surface area contributed by atoms with E-state index in [0.717, 1.165) is 19.4 Å². The fourth-order valence-electron chi connectivity index (χ4n) is 2.78. The molecule has 0 bridgehead atoms. The zero-order valence-corrected chi connectivity index (χ0v) is 10.7. The molecule has 2 rings (SSSR count). The third kappa shape index (κ3) is 3.08. The lowest BCUT2D eigenvalue weighted by atomic mass is 10.0. The Morgan fingerprint density at radius 1 is 1.24 bits per heavy atom. The zero-order chi connectivity index (χ0) is 12.3. The molecule has 17 heavy (non-hydrogen) atoms. The average molecular weight is 228 g/mol. The van der Waals surface area contributed by atoms with Gasteiger partial charge in [0.25, 0.3) is 0 Å². The summed E-state index contributed by atoms with van der Waals surface area (Å²) in [5.74, 6) is 0.209. The summed E-state index contributed by atoms with van der Waals surface area (Å²) in [5.41, 5.74) is 3.95. The smallest absolute Gasteiger partial charge is 0.0672 e. The van der Waals surface area contributed by atoms with E-state index < -0.39 is 0 Å². The highest BCUT2D eigenvalue weighted by Crippen LogP contribution is 2.25. The van der Waals surface area contributed by atoms with Gasteiger partial charge in [-0.05, 0) is 32.3 Å². The number of nitrogens with zero attached hydrogens (tertiary/aromatic N) is 1. The summed E-state index contributed by atoms with van der Waals surface area (Å²) in [6.07, 6.45) is 3.38. The van der Waals surface area contributed by atoms with Crippen LogP contribution in [-0.4, -0.2) is 6.04 Å². The second-order valence-electron chi connectivity index (χ2n) is 5.15. The Balaban J connectivity index is 1.96. The van der Waals surface area contributed by atoms with E-state index in [1.54, 1.807) is 0 Å². The summed E-state index contributed by atoms with van der Waals surface area (Å²) in [6, 6.07) is 9.43. The molecule has 2 unspecified atom stereocenters. The Morgan fingerprint density at radius 2 is 1.94 bits per heavy atom. The van der Waals surface area contributed by atoms with Crippen molar-refractivity contribution >= 4 is 0 Å². The minimum absolute atomic E-state index is 0.209. The van der Waals surface area contributed by atoms with E-state index in [4.69, 9.17) is 5.26 Å². The van der Waals surface area contributed by atoms with E-state index >= 15 is 0 Å². The molecule has 1 N–H and O–H groups in total. The van der Waals surface area contributed by atoms with E-state index in [2.05, 4.69) is 43.4 Å². The van der Waals surface area contributed by atoms with Crippen LogP contribution >= 0.6 is 0 Å². The fraction of sp³-hybridized carbons (Fsp3) is 0.533. The van der Waals surface area contributed by atoms with E-state index in [1.807, 2.05) is 0 Å². The van der Waals surface area contributed by atoms with Gasteiger partial charge in [-0.2, -0.15) is 5.26 Å². The van der Waals surface area contributed by atoms with Crippen LogP contribution in [0, 0.1) is 31.1 Å². The first kappa shape index (κ1) is 12.1. The predicted octanol–water partition coefficient (Wildman–Crippen LogP) is 3.09. The molecule has 0 spiro atoms. The highest BCUT2D eigenvalue weighted by molar-refractivity contribution is 5.28. The average Bonchev–Trinajstić information content (AvgIpc) is 2.72. The van der Waals surface area contributed by atoms with Gasteiger partial charge in [-0.1, -0.05) is 35.7 Å². The first-order chi connectivity index (χ1) is 8.19. The standard InChI is InChI=1S/C15H20N2/c1-11-6-12(2)8-13(7-11)10-17-15-5-3-4-14(15)9-16/h6-8,14-15,17H,3-5,10H2,1-2H3. The Kier molecular flexibility index (Phi) is 3.81. The van der Waals surface area contributed by atoms with E-state index in [0.29, 0.717) is 6.04 Å². The monoisotopic (exact) mass is 228 g/mol. The van der Waals surface area contributed by atoms with Crippen LogP contribution in [0.4, 0.5) is 0 Å². The number of nitriles is 1. The molecule has 0 saturated heterocycles. The van der Waals surface area contributed by atoms with Crippen molar-refractivity contribution in [3.63, 3.8) is 0 Å². The van der Waals surface area contributed by atoms with Crippen LogP contribution in [-0.2, 0) is 6.54 Å². The molecule has 0 aromatic heterocycles. The third-order valence-corrected chi connectivity index (χ3v) is 3.53. The number of hydrogen-bond acceptors (Lipinski definition) is 2. The van der Waals surface area contributed by atoms with Crippen LogP contribution in [0.25, 0.3) is 0 Å². The Morgan fingerprint density at radius 3 is 2.59 bits per heavy atom. The van der Waals surface area contributed by atoms with Crippen LogP contribution in [0.3, 0.4) is 0 Å². The lowest BCUT2D eigenvalue weighted by Gasteiger charge is -2.16. The van der Waals surface area contributed by atoms with Gasteiger partial charge < -0.3 is 5.32 Å². The van der Waals surface area contributed by atoms with Gasteiger partial charge in [0.05, 0.1) is 12.0 Å².